The topological polar surface area (TPSA) is 75.0 Å². The van der Waals surface area contributed by atoms with Crippen molar-refractivity contribution in [3.8, 4) is 22.6 Å². The molecule has 0 spiro atoms. The maximum Gasteiger partial charge on any atom is 0.155 e. The highest BCUT2D eigenvalue weighted by Gasteiger charge is 2.17. The van der Waals surface area contributed by atoms with E-state index in [1.165, 1.54) is 18.5 Å². The molecular formula is C25H24FN7. The zero-order chi connectivity index (χ0) is 22.8. The van der Waals surface area contributed by atoms with Gasteiger partial charge >= 0.3 is 0 Å². The first-order chi connectivity index (χ1) is 16.0. The van der Waals surface area contributed by atoms with Gasteiger partial charge in [-0.25, -0.2) is 18.9 Å². The van der Waals surface area contributed by atoms with E-state index in [2.05, 4.69) is 27.0 Å². The number of hydrogen-bond donors (Lipinski definition) is 1. The van der Waals surface area contributed by atoms with Crippen LogP contribution in [-0.4, -0.2) is 48.0 Å². The van der Waals surface area contributed by atoms with E-state index in [4.69, 9.17) is 9.97 Å². The summed E-state index contributed by atoms with van der Waals surface area (Å²) in [6.45, 7) is 3.45. The van der Waals surface area contributed by atoms with Crippen molar-refractivity contribution in [2.45, 2.75) is 19.9 Å². The predicted molar refractivity (Wildman–Crippen MR) is 125 cm³/mol. The summed E-state index contributed by atoms with van der Waals surface area (Å²) >= 11 is 0. The lowest BCUT2D eigenvalue weighted by atomic mass is 10.1. The van der Waals surface area contributed by atoms with Crippen LogP contribution in [0.4, 0.5) is 4.39 Å². The highest BCUT2D eigenvalue weighted by Crippen LogP contribution is 2.29. The van der Waals surface area contributed by atoms with E-state index in [1.54, 1.807) is 4.52 Å². The summed E-state index contributed by atoms with van der Waals surface area (Å²) < 4.78 is 14.9. The first kappa shape index (κ1) is 21.0. The van der Waals surface area contributed by atoms with Gasteiger partial charge in [-0.3, -0.25) is 9.88 Å². The number of aromatic amines is 1. The minimum Gasteiger partial charge on any atom is -0.339 e. The average Bonchev–Trinajstić information content (AvgIpc) is 3.45. The van der Waals surface area contributed by atoms with Gasteiger partial charge in [0.25, 0.3) is 0 Å². The van der Waals surface area contributed by atoms with Crippen molar-refractivity contribution in [3.05, 3.63) is 90.0 Å². The van der Waals surface area contributed by atoms with E-state index in [9.17, 15) is 4.39 Å². The molecule has 0 bridgehead atoms. The van der Waals surface area contributed by atoms with Crippen molar-refractivity contribution in [1.82, 2.24) is 34.4 Å². The van der Waals surface area contributed by atoms with Crippen LogP contribution in [-0.2, 0) is 13.0 Å². The molecule has 0 aliphatic carbocycles. The summed E-state index contributed by atoms with van der Waals surface area (Å²) in [4.78, 5) is 19.6. The van der Waals surface area contributed by atoms with Crippen molar-refractivity contribution in [2.75, 3.05) is 13.6 Å². The molecule has 166 valence electrons. The number of pyridine rings is 2. The van der Waals surface area contributed by atoms with E-state index in [0.29, 0.717) is 6.54 Å². The second-order valence-electron chi connectivity index (χ2n) is 8.17. The average molecular weight is 442 g/mol. The molecule has 0 radical (unpaired) electrons. The van der Waals surface area contributed by atoms with E-state index < -0.39 is 0 Å². The molecule has 4 heterocycles. The van der Waals surface area contributed by atoms with Crippen LogP contribution in [0.15, 0.2) is 67.1 Å². The number of imidazole rings is 1. The highest BCUT2D eigenvalue weighted by atomic mass is 19.1. The Bertz CT molecular complexity index is 1390. The van der Waals surface area contributed by atoms with Crippen LogP contribution >= 0.6 is 0 Å². The third-order valence-electron chi connectivity index (χ3n) is 5.56. The molecule has 0 unspecified atom stereocenters. The van der Waals surface area contributed by atoms with Gasteiger partial charge in [-0.15, -0.1) is 0 Å². The summed E-state index contributed by atoms with van der Waals surface area (Å²) in [5.74, 6) is 0.639. The van der Waals surface area contributed by atoms with E-state index >= 15 is 0 Å². The Balaban J connectivity index is 1.43. The molecule has 7 nitrogen and oxygen atoms in total. The Kier molecular flexibility index (Phi) is 5.66. The van der Waals surface area contributed by atoms with Gasteiger partial charge in [-0.2, -0.15) is 5.10 Å². The van der Waals surface area contributed by atoms with Crippen molar-refractivity contribution >= 4 is 5.65 Å². The molecule has 5 aromatic rings. The van der Waals surface area contributed by atoms with Gasteiger partial charge < -0.3 is 4.98 Å². The van der Waals surface area contributed by atoms with Gasteiger partial charge in [0.05, 0.1) is 23.6 Å². The number of nitrogens with zero attached hydrogens (tertiary/aromatic N) is 6. The van der Waals surface area contributed by atoms with E-state index in [-0.39, 0.29) is 5.82 Å². The van der Waals surface area contributed by atoms with Gasteiger partial charge in [0.15, 0.2) is 5.65 Å². The fourth-order valence-electron chi connectivity index (χ4n) is 3.84. The number of aromatic nitrogens is 6. The molecule has 33 heavy (non-hydrogen) atoms. The normalized spacial score (nSPS) is 11.5. The molecule has 0 amide bonds. The van der Waals surface area contributed by atoms with Crippen LogP contribution in [0.5, 0.6) is 0 Å². The smallest absolute Gasteiger partial charge is 0.155 e. The number of fused-ring (bicyclic) bond motifs is 1. The van der Waals surface area contributed by atoms with Crippen LogP contribution in [0.2, 0.25) is 0 Å². The zero-order valence-electron chi connectivity index (χ0n) is 18.5. The molecule has 0 aliphatic heterocycles. The summed E-state index contributed by atoms with van der Waals surface area (Å²) in [6, 6.07) is 16.6. The van der Waals surface area contributed by atoms with Gasteiger partial charge in [0.2, 0.25) is 0 Å². The molecule has 1 N–H and O–H groups in total. The Hall–Kier alpha value is -3.91. The minimum absolute atomic E-state index is 0.211. The fourth-order valence-corrected chi connectivity index (χ4v) is 3.84. The maximum absolute atomic E-state index is 13.1. The monoisotopic (exact) mass is 441 g/mol. The fraction of sp³-hybridized carbons (Fsp3) is 0.200. The number of hydrogen-bond acceptors (Lipinski definition) is 5. The maximum atomic E-state index is 13.1. The Labute approximate surface area is 191 Å². The molecule has 1 aromatic carbocycles. The number of rotatable bonds is 7. The Morgan fingerprint density at radius 2 is 1.88 bits per heavy atom. The van der Waals surface area contributed by atoms with Crippen LogP contribution in [0.25, 0.3) is 28.3 Å². The summed E-state index contributed by atoms with van der Waals surface area (Å²) in [5.41, 5.74) is 6.31. The molecule has 0 aliphatic rings. The number of nitrogens with one attached hydrogen (secondary N) is 1. The standard InChI is InChI=1S/C25H24FN7/c1-17-4-3-5-21(29-17)25-24(19-8-11-23-27-16-28-33(23)14-19)30-22(31-25)15-32(2)13-12-18-6-9-20(26)10-7-18/h3-11,14,16H,12-13,15H2,1-2H3,(H,30,31). The summed E-state index contributed by atoms with van der Waals surface area (Å²) in [7, 11) is 2.05. The lowest BCUT2D eigenvalue weighted by Gasteiger charge is -2.15. The molecule has 0 saturated heterocycles. The SMILES string of the molecule is Cc1cccc(-c2[nH]c(CN(C)CCc3ccc(F)cc3)nc2-c2ccc3ncnn3c2)n1. The van der Waals surface area contributed by atoms with E-state index in [0.717, 1.165) is 58.3 Å². The quantitative estimate of drug-likeness (QED) is 0.408. The third-order valence-corrected chi connectivity index (χ3v) is 5.56. The number of aryl methyl sites for hydroxylation is 1. The zero-order valence-corrected chi connectivity index (χ0v) is 18.5. The molecule has 5 rings (SSSR count). The van der Waals surface area contributed by atoms with Crippen molar-refractivity contribution in [2.24, 2.45) is 0 Å². The van der Waals surface area contributed by atoms with Crippen LogP contribution in [0, 0.1) is 12.7 Å². The Morgan fingerprint density at radius 3 is 2.70 bits per heavy atom. The largest absolute Gasteiger partial charge is 0.339 e. The third kappa shape index (κ3) is 4.65. The van der Waals surface area contributed by atoms with Crippen molar-refractivity contribution in [3.63, 3.8) is 0 Å². The first-order valence-corrected chi connectivity index (χ1v) is 10.8. The second kappa shape index (κ2) is 8.91. The van der Waals surface area contributed by atoms with Crippen LogP contribution < -0.4 is 0 Å². The number of benzene rings is 1. The molecule has 0 saturated carbocycles. The molecule has 0 fully saturated rings. The Morgan fingerprint density at radius 1 is 1.03 bits per heavy atom. The van der Waals surface area contributed by atoms with Crippen molar-refractivity contribution < 1.29 is 4.39 Å². The molecular weight excluding hydrogens is 417 g/mol. The van der Waals surface area contributed by atoms with Crippen LogP contribution in [0.1, 0.15) is 17.1 Å². The lowest BCUT2D eigenvalue weighted by molar-refractivity contribution is 0.323. The van der Waals surface area contributed by atoms with Crippen LogP contribution in [0.3, 0.4) is 0 Å². The second-order valence-corrected chi connectivity index (χ2v) is 8.17. The number of likely N-dealkylation sites (N-methyl/N-ethyl adjacent to an activating group) is 1. The van der Waals surface area contributed by atoms with Gasteiger partial charge in [-0.05, 0) is 62.4 Å². The lowest BCUT2D eigenvalue weighted by Crippen LogP contribution is -2.21. The highest BCUT2D eigenvalue weighted by molar-refractivity contribution is 5.77. The number of H-pyrrole nitrogens is 1. The van der Waals surface area contributed by atoms with Gasteiger partial charge in [0.1, 0.15) is 18.0 Å². The van der Waals surface area contributed by atoms with Gasteiger partial charge in [-0.1, -0.05) is 18.2 Å². The molecule has 0 atom stereocenters. The number of halogens is 1. The first-order valence-electron chi connectivity index (χ1n) is 10.8. The van der Waals surface area contributed by atoms with Crippen molar-refractivity contribution in [1.29, 1.82) is 0 Å². The predicted octanol–water partition coefficient (Wildman–Crippen LogP) is 4.30. The molecule has 8 heteroatoms. The molecule has 4 aromatic heterocycles. The van der Waals surface area contributed by atoms with E-state index in [1.807, 2.05) is 55.6 Å². The van der Waals surface area contributed by atoms with Gasteiger partial charge in [0, 0.05) is 24.0 Å². The summed E-state index contributed by atoms with van der Waals surface area (Å²) in [6.07, 6.45) is 4.30. The minimum atomic E-state index is -0.211. The summed E-state index contributed by atoms with van der Waals surface area (Å²) in [5, 5.41) is 4.26.